The maximum Gasteiger partial charge on any atom is 0.490 e. The summed E-state index contributed by atoms with van der Waals surface area (Å²) in [5, 5.41) is 18.6. The van der Waals surface area contributed by atoms with Crippen molar-refractivity contribution in [2.75, 3.05) is 0 Å². The van der Waals surface area contributed by atoms with Gasteiger partial charge in [0, 0.05) is 30.3 Å². The number of hydrogen-bond acceptors (Lipinski definition) is 6. The second-order valence-electron chi connectivity index (χ2n) is 3.52. The van der Waals surface area contributed by atoms with E-state index in [1.807, 2.05) is 0 Å². The van der Waals surface area contributed by atoms with E-state index in [9.17, 15) is 10.0 Å². The molecule has 0 amide bonds. The highest BCUT2D eigenvalue weighted by atomic mass is 16.4. The zero-order valence-electron chi connectivity index (χ0n) is 8.65. The molecule has 0 aliphatic heterocycles. The SMILES string of the molecule is OB(O)c1cc2nccnc2c2nccnc12. The second-order valence-corrected chi connectivity index (χ2v) is 3.52. The molecule has 0 fully saturated rings. The Balaban J connectivity index is 2.55. The monoisotopic (exact) mass is 226 g/mol. The van der Waals surface area contributed by atoms with Crippen LogP contribution in [0.25, 0.3) is 22.1 Å². The maximum absolute atomic E-state index is 9.32. The first kappa shape index (κ1) is 10.1. The summed E-state index contributed by atoms with van der Waals surface area (Å²) in [6, 6.07) is 1.56. The highest BCUT2D eigenvalue weighted by Gasteiger charge is 2.19. The smallest absolute Gasteiger partial charge is 0.423 e. The van der Waals surface area contributed by atoms with Gasteiger partial charge >= 0.3 is 7.12 Å². The molecule has 6 nitrogen and oxygen atoms in total. The van der Waals surface area contributed by atoms with Crippen LogP contribution in [0.1, 0.15) is 0 Å². The average molecular weight is 226 g/mol. The Morgan fingerprint density at radius 3 is 2.06 bits per heavy atom. The number of fused-ring (bicyclic) bond motifs is 3. The van der Waals surface area contributed by atoms with E-state index in [4.69, 9.17) is 0 Å². The molecule has 0 unspecified atom stereocenters. The Morgan fingerprint density at radius 1 is 0.765 bits per heavy atom. The van der Waals surface area contributed by atoms with Crippen molar-refractivity contribution in [1.29, 1.82) is 0 Å². The molecule has 7 heteroatoms. The summed E-state index contributed by atoms with van der Waals surface area (Å²) in [6.07, 6.45) is 6.13. The minimum absolute atomic E-state index is 0.279. The molecule has 0 radical (unpaired) electrons. The Morgan fingerprint density at radius 2 is 1.35 bits per heavy atom. The van der Waals surface area contributed by atoms with Crippen molar-refractivity contribution in [3.63, 3.8) is 0 Å². The van der Waals surface area contributed by atoms with E-state index < -0.39 is 7.12 Å². The predicted molar refractivity (Wildman–Crippen MR) is 62.5 cm³/mol. The minimum Gasteiger partial charge on any atom is -0.423 e. The highest BCUT2D eigenvalue weighted by Crippen LogP contribution is 2.16. The summed E-state index contributed by atoms with van der Waals surface area (Å²) >= 11 is 0. The van der Waals surface area contributed by atoms with Gasteiger partial charge in [0.25, 0.3) is 0 Å². The van der Waals surface area contributed by atoms with E-state index in [1.54, 1.807) is 12.3 Å². The molecule has 2 aromatic heterocycles. The molecule has 82 valence electrons. The van der Waals surface area contributed by atoms with Crippen LogP contribution in [0, 0.1) is 0 Å². The number of rotatable bonds is 1. The number of nitrogens with zero attached hydrogens (tertiary/aromatic N) is 4. The first-order valence-corrected chi connectivity index (χ1v) is 4.98. The van der Waals surface area contributed by atoms with E-state index in [1.165, 1.54) is 18.6 Å². The molecule has 17 heavy (non-hydrogen) atoms. The van der Waals surface area contributed by atoms with Crippen molar-refractivity contribution in [3.8, 4) is 0 Å². The number of aromatic nitrogens is 4. The first-order valence-electron chi connectivity index (χ1n) is 4.98. The Bertz CT molecular complexity index is 704. The van der Waals surface area contributed by atoms with Crippen LogP contribution in [0.4, 0.5) is 0 Å². The van der Waals surface area contributed by atoms with E-state index in [2.05, 4.69) is 19.9 Å². The Labute approximate surface area is 96.2 Å². The van der Waals surface area contributed by atoms with Gasteiger partial charge in [0.05, 0.1) is 11.0 Å². The molecule has 0 aliphatic rings. The molecule has 0 atom stereocenters. The fourth-order valence-electron chi connectivity index (χ4n) is 1.77. The molecule has 0 saturated carbocycles. The lowest BCUT2D eigenvalue weighted by Gasteiger charge is -2.06. The van der Waals surface area contributed by atoms with Crippen molar-refractivity contribution in [2.45, 2.75) is 0 Å². The minimum atomic E-state index is -1.61. The zero-order valence-corrected chi connectivity index (χ0v) is 8.65. The molecule has 3 rings (SSSR count). The fraction of sp³-hybridized carbons (Fsp3) is 0. The third kappa shape index (κ3) is 1.52. The summed E-state index contributed by atoms with van der Waals surface area (Å²) in [4.78, 5) is 16.6. The van der Waals surface area contributed by atoms with Gasteiger partial charge in [-0.15, -0.1) is 0 Å². The largest absolute Gasteiger partial charge is 0.490 e. The second kappa shape index (κ2) is 3.72. The van der Waals surface area contributed by atoms with Gasteiger partial charge in [-0.05, 0) is 6.07 Å². The van der Waals surface area contributed by atoms with Crippen molar-refractivity contribution < 1.29 is 10.0 Å². The first-order chi connectivity index (χ1) is 8.27. The van der Waals surface area contributed by atoms with Gasteiger partial charge in [0.2, 0.25) is 0 Å². The van der Waals surface area contributed by atoms with E-state index in [0.29, 0.717) is 22.1 Å². The van der Waals surface area contributed by atoms with Gasteiger partial charge < -0.3 is 10.0 Å². The topological polar surface area (TPSA) is 92.0 Å². The molecule has 3 aromatic rings. The molecule has 2 N–H and O–H groups in total. The van der Waals surface area contributed by atoms with Crippen LogP contribution in [0.3, 0.4) is 0 Å². The maximum atomic E-state index is 9.32. The third-order valence-electron chi connectivity index (χ3n) is 2.49. The van der Waals surface area contributed by atoms with E-state index in [0.717, 1.165) is 0 Å². The Hall–Kier alpha value is -2.12. The van der Waals surface area contributed by atoms with Gasteiger partial charge in [-0.2, -0.15) is 0 Å². The average Bonchev–Trinajstić information content (AvgIpc) is 2.37. The molecule has 0 aliphatic carbocycles. The lowest BCUT2D eigenvalue weighted by Crippen LogP contribution is -2.31. The van der Waals surface area contributed by atoms with Crippen molar-refractivity contribution in [1.82, 2.24) is 19.9 Å². The summed E-state index contributed by atoms with van der Waals surface area (Å²) in [7, 11) is -1.61. The van der Waals surface area contributed by atoms with Crippen molar-refractivity contribution in [3.05, 3.63) is 30.9 Å². The van der Waals surface area contributed by atoms with Crippen molar-refractivity contribution >= 4 is 34.6 Å². The van der Waals surface area contributed by atoms with Crippen LogP contribution < -0.4 is 5.46 Å². The van der Waals surface area contributed by atoms with Crippen LogP contribution in [0.15, 0.2) is 30.9 Å². The molecule has 0 spiro atoms. The summed E-state index contributed by atoms with van der Waals surface area (Å²) in [5.41, 5.74) is 2.38. The molecule has 0 saturated heterocycles. The lowest BCUT2D eigenvalue weighted by atomic mass is 9.79. The molecule has 0 bridgehead atoms. The summed E-state index contributed by atoms with van der Waals surface area (Å²) in [6.45, 7) is 0. The predicted octanol–water partition coefficient (Wildman–Crippen LogP) is -0.747. The summed E-state index contributed by atoms with van der Waals surface area (Å²) in [5.74, 6) is 0. The van der Waals surface area contributed by atoms with Gasteiger partial charge in [-0.25, -0.2) is 0 Å². The standard InChI is InChI=1S/C10H7BN4O2/c16-11(17)6-5-7-9(14-2-1-12-7)10-8(6)13-3-4-15-10/h1-5,16-17H. The lowest BCUT2D eigenvalue weighted by molar-refractivity contribution is 0.426. The van der Waals surface area contributed by atoms with Gasteiger partial charge in [-0.3, -0.25) is 19.9 Å². The quantitative estimate of drug-likeness (QED) is 0.419. The Kier molecular flexibility index (Phi) is 2.20. The van der Waals surface area contributed by atoms with Gasteiger partial charge in [0.15, 0.2) is 0 Å². The molecule has 1 aromatic carbocycles. The third-order valence-corrected chi connectivity index (χ3v) is 2.49. The van der Waals surface area contributed by atoms with Gasteiger partial charge in [-0.1, -0.05) is 0 Å². The fourth-order valence-corrected chi connectivity index (χ4v) is 1.77. The highest BCUT2D eigenvalue weighted by molar-refractivity contribution is 6.62. The number of benzene rings is 1. The van der Waals surface area contributed by atoms with Crippen LogP contribution in [0.2, 0.25) is 0 Å². The van der Waals surface area contributed by atoms with Crippen LogP contribution in [-0.4, -0.2) is 37.1 Å². The van der Waals surface area contributed by atoms with Crippen molar-refractivity contribution in [2.24, 2.45) is 0 Å². The number of hydrogen-bond donors (Lipinski definition) is 2. The van der Waals surface area contributed by atoms with Crippen LogP contribution in [0.5, 0.6) is 0 Å². The van der Waals surface area contributed by atoms with Gasteiger partial charge in [0.1, 0.15) is 11.0 Å². The molecule has 2 heterocycles. The molecular formula is C10H7BN4O2. The van der Waals surface area contributed by atoms with Crippen LogP contribution in [-0.2, 0) is 0 Å². The van der Waals surface area contributed by atoms with E-state index in [-0.39, 0.29) is 5.46 Å². The zero-order chi connectivity index (χ0) is 11.8. The van der Waals surface area contributed by atoms with E-state index >= 15 is 0 Å². The van der Waals surface area contributed by atoms with Crippen LogP contribution >= 0.6 is 0 Å². The molecular weight excluding hydrogens is 219 g/mol. The normalized spacial score (nSPS) is 10.9. The summed E-state index contributed by atoms with van der Waals surface area (Å²) < 4.78 is 0.